The summed E-state index contributed by atoms with van der Waals surface area (Å²) in [6, 6.07) is 7.03. The Kier molecular flexibility index (Phi) is 4.57. The average molecular weight is 309 g/mol. The summed E-state index contributed by atoms with van der Waals surface area (Å²) < 4.78 is 0. The van der Waals surface area contributed by atoms with Crippen LogP contribution in [0.15, 0.2) is 24.3 Å². The predicted molar refractivity (Wildman–Crippen MR) is 84.3 cm³/mol. The zero-order valence-electron chi connectivity index (χ0n) is 12.6. The van der Waals surface area contributed by atoms with Crippen molar-refractivity contribution in [2.75, 3.05) is 11.9 Å². The smallest absolute Gasteiger partial charge is 0.250 e. The summed E-state index contributed by atoms with van der Waals surface area (Å²) >= 11 is 5.93. The molecule has 1 saturated heterocycles. The Bertz CT molecular complexity index is 559. The molecule has 1 fully saturated rings. The number of nitrogens with zero attached hydrogens (tertiary/aromatic N) is 1. The van der Waals surface area contributed by atoms with Crippen molar-refractivity contribution in [2.45, 2.75) is 39.2 Å². The monoisotopic (exact) mass is 308 g/mol. The van der Waals surface area contributed by atoms with Crippen molar-refractivity contribution < 1.29 is 9.59 Å². The molecule has 0 bridgehead atoms. The van der Waals surface area contributed by atoms with Gasteiger partial charge in [0.2, 0.25) is 11.8 Å². The minimum atomic E-state index is -0.788. The third-order valence-corrected chi connectivity index (χ3v) is 4.21. The Balaban J connectivity index is 2.18. The highest BCUT2D eigenvalue weighted by molar-refractivity contribution is 6.30. The van der Waals surface area contributed by atoms with E-state index in [0.29, 0.717) is 23.7 Å². The number of rotatable bonds is 3. The first-order valence-electron chi connectivity index (χ1n) is 7.23. The van der Waals surface area contributed by atoms with E-state index in [4.69, 9.17) is 11.6 Å². The molecular formula is C16H21ClN2O2. The predicted octanol–water partition coefficient (Wildman–Crippen LogP) is 3.32. The zero-order chi connectivity index (χ0) is 15.6. The van der Waals surface area contributed by atoms with Crippen molar-refractivity contribution in [3.05, 3.63) is 29.3 Å². The van der Waals surface area contributed by atoms with Gasteiger partial charge in [-0.25, -0.2) is 0 Å². The van der Waals surface area contributed by atoms with Gasteiger partial charge < -0.3 is 10.2 Å². The van der Waals surface area contributed by atoms with Gasteiger partial charge >= 0.3 is 0 Å². The first-order chi connectivity index (χ1) is 9.84. The molecule has 4 nitrogen and oxygen atoms in total. The number of anilines is 1. The number of carbonyl (C=O) groups is 2. The van der Waals surface area contributed by atoms with Crippen molar-refractivity contribution >= 4 is 29.1 Å². The van der Waals surface area contributed by atoms with Gasteiger partial charge in [0.05, 0.1) is 0 Å². The van der Waals surface area contributed by atoms with Crippen LogP contribution in [-0.4, -0.2) is 28.8 Å². The number of likely N-dealkylation sites (tertiary alicyclic amines) is 1. The molecular weight excluding hydrogens is 288 g/mol. The summed E-state index contributed by atoms with van der Waals surface area (Å²) in [5.74, 6) is -0.242. The quantitative estimate of drug-likeness (QED) is 0.931. The summed E-state index contributed by atoms with van der Waals surface area (Å²) in [6.45, 7) is 6.18. The van der Waals surface area contributed by atoms with E-state index in [-0.39, 0.29) is 17.7 Å². The van der Waals surface area contributed by atoms with Crippen LogP contribution < -0.4 is 5.32 Å². The Morgan fingerprint density at radius 3 is 2.71 bits per heavy atom. The molecule has 1 heterocycles. The molecule has 0 spiro atoms. The zero-order valence-corrected chi connectivity index (χ0v) is 13.4. The van der Waals surface area contributed by atoms with E-state index in [1.807, 2.05) is 20.8 Å². The maximum atomic E-state index is 12.6. The largest absolute Gasteiger partial charge is 0.328 e. The maximum Gasteiger partial charge on any atom is 0.250 e. The number of halogens is 1. The molecule has 0 aromatic heterocycles. The van der Waals surface area contributed by atoms with Crippen LogP contribution in [0.25, 0.3) is 0 Å². The molecule has 1 N–H and O–H groups in total. The van der Waals surface area contributed by atoms with Gasteiger partial charge in [-0.3, -0.25) is 9.59 Å². The van der Waals surface area contributed by atoms with E-state index in [9.17, 15) is 9.59 Å². The molecule has 21 heavy (non-hydrogen) atoms. The van der Waals surface area contributed by atoms with Crippen LogP contribution in [-0.2, 0) is 9.59 Å². The lowest BCUT2D eigenvalue weighted by molar-refractivity contribution is -0.144. The highest BCUT2D eigenvalue weighted by Crippen LogP contribution is 2.32. The van der Waals surface area contributed by atoms with Crippen LogP contribution in [0, 0.1) is 5.92 Å². The van der Waals surface area contributed by atoms with Gasteiger partial charge in [0.25, 0.3) is 0 Å². The van der Waals surface area contributed by atoms with Gasteiger partial charge in [-0.15, -0.1) is 0 Å². The highest BCUT2D eigenvalue weighted by atomic mass is 35.5. The molecule has 0 radical (unpaired) electrons. The molecule has 1 aromatic carbocycles. The lowest BCUT2D eigenvalue weighted by Gasteiger charge is -2.35. The Morgan fingerprint density at radius 1 is 1.38 bits per heavy atom. The van der Waals surface area contributed by atoms with E-state index >= 15 is 0 Å². The topological polar surface area (TPSA) is 49.4 Å². The molecule has 1 aliphatic heterocycles. The van der Waals surface area contributed by atoms with Crippen molar-refractivity contribution in [1.29, 1.82) is 0 Å². The average Bonchev–Trinajstić information content (AvgIpc) is 2.81. The molecule has 0 aliphatic carbocycles. The number of amides is 2. The molecule has 1 aliphatic rings. The summed E-state index contributed by atoms with van der Waals surface area (Å²) in [6.07, 6.45) is 1.52. The van der Waals surface area contributed by atoms with E-state index in [1.54, 1.807) is 29.2 Å². The maximum absolute atomic E-state index is 12.6. The molecule has 2 amide bonds. The number of carbonyl (C=O) groups excluding carboxylic acids is 2. The second kappa shape index (κ2) is 6.06. The van der Waals surface area contributed by atoms with Gasteiger partial charge in [0.15, 0.2) is 0 Å². The first kappa shape index (κ1) is 15.8. The van der Waals surface area contributed by atoms with Crippen LogP contribution in [0.5, 0.6) is 0 Å². The molecule has 0 saturated carbocycles. The van der Waals surface area contributed by atoms with E-state index in [1.165, 1.54) is 0 Å². The van der Waals surface area contributed by atoms with Crippen LogP contribution in [0.1, 0.15) is 33.6 Å². The number of benzene rings is 1. The Labute approximate surface area is 130 Å². The lowest BCUT2D eigenvalue weighted by Crippen LogP contribution is -2.54. The first-order valence-corrected chi connectivity index (χ1v) is 7.61. The molecule has 1 unspecified atom stereocenters. The van der Waals surface area contributed by atoms with Gasteiger partial charge in [0.1, 0.15) is 5.54 Å². The molecule has 1 atom stereocenters. The molecule has 1 aromatic rings. The van der Waals surface area contributed by atoms with Gasteiger partial charge in [-0.2, -0.15) is 0 Å². The van der Waals surface area contributed by atoms with Crippen LogP contribution in [0.4, 0.5) is 5.69 Å². The minimum Gasteiger partial charge on any atom is -0.328 e. The third kappa shape index (κ3) is 3.21. The number of nitrogens with one attached hydrogen (secondary N) is 1. The fraction of sp³-hybridized carbons (Fsp3) is 0.500. The summed E-state index contributed by atoms with van der Waals surface area (Å²) in [5.41, 5.74) is -0.137. The van der Waals surface area contributed by atoms with Crippen LogP contribution in [0.2, 0.25) is 5.02 Å². The molecule has 2 rings (SSSR count). The normalized spacial score (nSPS) is 21.7. The van der Waals surface area contributed by atoms with Gasteiger partial charge in [0, 0.05) is 23.2 Å². The Morgan fingerprint density at radius 2 is 2.10 bits per heavy atom. The van der Waals surface area contributed by atoms with E-state index in [2.05, 4.69) is 5.32 Å². The van der Waals surface area contributed by atoms with Gasteiger partial charge in [-0.05, 0) is 38.0 Å². The summed E-state index contributed by atoms with van der Waals surface area (Å²) in [5, 5.41) is 3.44. The third-order valence-electron chi connectivity index (χ3n) is 3.97. The fourth-order valence-corrected chi connectivity index (χ4v) is 2.89. The number of hydrogen-bond donors (Lipinski definition) is 1. The Hall–Kier alpha value is -1.55. The van der Waals surface area contributed by atoms with Crippen LogP contribution >= 0.6 is 11.6 Å². The van der Waals surface area contributed by atoms with Crippen molar-refractivity contribution in [3.8, 4) is 0 Å². The summed E-state index contributed by atoms with van der Waals surface area (Å²) in [7, 11) is 0. The molecule has 114 valence electrons. The van der Waals surface area contributed by atoms with Crippen molar-refractivity contribution in [2.24, 2.45) is 5.92 Å². The standard InChI is InChI=1S/C16H21ClN2O2/c1-11(2)14(20)19-9-5-8-16(19,3)15(21)18-13-7-4-6-12(17)10-13/h4,6-7,10-11H,5,8-9H2,1-3H3,(H,18,21). The number of hydrogen-bond acceptors (Lipinski definition) is 2. The van der Waals surface area contributed by atoms with E-state index < -0.39 is 5.54 Å². The van der Waals surface area contributed by atoms with E-state index in [0.717, 1.165) is 6.42 Å². The SMILES string of the molecule is CC(C)C(=O)N1CCCC1(C)C(=O)Nc1cccc(Cl)c1. The molecule has 5 heteroatoms. The second-order valence-corrected chi connectivity index (χ2v) is 6.42. The minimum absolute atomic E-state index is 0.0243. The van der Waals surface area contributed by atoms with Crippen molar-refractivity contribution in [3.63, 3.8) is 0 Å². The summed E-state index contributed by atoms with van der Waals surface area (Å²) in [4.78, 5) is 26.6. The highest BCUT2D eigenvalue weighted by Gasteiger charge is 2.46. The second-order valence-electron chi connectivity index (χ2n) is 5.99. The van der Waals surface area contributed by atoms with Crippen molar-refractivity contribution in [1.82, 2.24) is 4.90 Å². The lowest BCUT2D eigenvalue weighted by atomic mass is 9.96. The fourth-order valence-electron chi connectivity index (χ4n) is 2.70. The van der Waals surface area contributed by atoms with Crippen LogP contribution in [0.3, 0.4) is 0 Å². The van der Waals surface area contributed by atoms with Gasteiger partial charge in [-0.1, -0.05) is 31.5 Å².